The van der Waals surface area contributed by atoms with E-state index in [-0.39, 0.29) is 6.04 Å². The van der Waals surface area contributed by atoms with E-state index in [0.29, 0.717) is 5.92 Å². The molecule has 2 rings (SSSR count). The largest absolute Gasteiger partial charge is 0.381 e. The summed E-state index contributed by atoms with van der Waals surface area (Å²) in [5.74, 6) is 0.485. The van der Waals surface area contributed by atoms with Crippen LogP contribution in [0.4, 0.5) is 0 Å². The van der Waals surface area contributed by atoms with Crippen molar-refractivity contribution < 1.29 is 4.74 Å². The number of hydrogen-bond donors (Lipinski definition) is 1. The van der Waals surface area contributed by atoms with E-state index in [0.717, 1.165) is 49.9 Å². The minimum atomic E-state index is 0.242. The van der Waals surface area contributed by atoms with E-state index in [4.69, 9.17) is 16.3 Å². The van der Waals surface area contributed by atoms with Gasteiger partial charge in [0.15, 0.2) is 0 Å². The molecule has 0 radical (unpaired) electrons. The zero-order valence-corrected chi connectivity index (χ0v) is 12.6. The third-order valence-corrected chi connectivity index (χ3v) is 3.95. The average Bonchev–Trinajstić information content (AvgIpc) is 2.79. The van der Waals surface area contributed by atoms with Crippen LogP contribution >= 0.6 is 11.6 Å². The van der Waals surface area contributed by atoms with E-state index >= 15 is 0 Å². The Morgan fingerprint density at radius 3 is 3.05 bits per heavy atom. The van der Waals surface area contributed by atoms with Crippen LogP contribution in [0, 0.1) is 5.92 Å². The maximum absolute atomic E-state index is 6.37. The minimum absolute atomic E-state index is 0.242. The Kier molecular flexibility index (Phi) is 5.67. The molecule has 2 atom stereocenters. The summed E-state index contributed by atoms with van der Waals surface area (Å²) in [6, 6.07) is 0.242. The van der Waals surface area contributed by atoms with Crippen LogP contribution in [0.2, 0.25) is 5.02 Å². The van der Waals surface area contributed by atoms with Gasteiger partial charge >= 0.3 is 0 Å². The average molecular weight is 286 g/mol. The second kappa shape index (κ2) is 7.27. The van der Waals surface area contributed by atoms with Gasteiger partial charge in [-0.05, 0) is 25.8 Å². The number of rotatable bonds is 6. The van der Waals surface area contributed by atoms with Crippen LogP contribution in [0.15, 0.2) is 6.20 Å². The van der Waals surface area contributed by atoms with E-state index in [1.165, 1.54) is 6.42 Å². The first-order valence-corrected chi connectivity index (χ1v) is 7.68. The molecule has 19 heavy (non-hydrogen) atoms. The first kappa shape index (κ1) is 14.8. The molecule has 4 nitrogen and oxygen atoms in total. The van der Waals surface area contributed by atoms with Gasteiger partial charge in [-0.25, -0.2) is 0 Å². The monoisotopic (exact) mass is 285 g/mol. The number of halogens is 1. The van der Waals surface area contributed by atoms with Crippen LogP contribution in [0.3, 0.4) is 0 Å². The van der Waals surface area contributed by atoms with E-state index < -0.39 is 0 Å². The molecule has 108 valence electrons. The highest BCUT2D eigenvalue weighted by Gasteiger charge is 2.29. The third-order valence-electron chi connectivity index (χ3n) is 3.65. The third kappa shape index (κ3) is 3.50. The molecule has 1 aliphatic heterocycles. The van der Waals surface area contributed by atoms with Gasteiger partial charge < -0.3 is 10.1 Å². The SMILES string of the molecule is CCCn1ncc(Cl)c1C(NCC)C1CCCOC1. The highest BCUT2D eigenvalue weighted by atomic mass is 35.5. The number of nitrogens with zero attached hydrogens (tertiary/aromatic N) is 2. The van der Waals surface area contributed by atoms with Gasteiger partial charge in [-0.3, -0.25) is 4.68 Å². The molecule has 0 spiro atoms. The molecule has 0 saturated carbocycles. The van der Waals surface area contributed by atoms with Crippen LogP contribution < -0.4 is 5.32 Å². The van der Waals surface area contributed by atoms with Gasteiger partial charge in [-0.1, -0.05) is 25.4 Å². The Hall–Kier alpha value is -0.580. The molecule has 1 saturated heterocycles. The molecule has 1 N–H and O–H groups in total. The molecule has 0 aliphatic carbocycles. The highest BCUT2D eigenvalue weighted by Crippen LogP contribution is 2.32. The molecule has 0 amide bonds. The number of aryl methyl sites for hydroxylation is 1. The molecule has 1 aliphatic rings. The summed E-state index contributed by atoms with van der Waals surface area (Å²) in [5.41, 5.74) is 1.13. The quantitative estimate of drug-likeness (QED) is 0.873. The highest BCUT2D eigenvalue weighted by molar-refractivity contribution is 6.31. The normalized spacial score (nSPS) is 21.5. The van der Waals surface area contributed by atoms with Crippen LogP contribution in [-0.4, -0.2) is 29.5 Å². The fourth-order valence-electron chi connectivity index (χ4n) is 2.81. The first-order valence-electron chi connectivity index (χ1n) is 7.30. The lowest BCUT2D eigenvalue weighted by Crippen LogP contribution is -2.35. The van der Waals surface area contributed by atoms with Crippen molar-refractivity contribution in [1.82, 2.24) is 15.1 Å². The molecule has 1 fully saturated rings. The summed E-state index contributed by atoms with van der Waals surface area (Å²) >= 11 is 6.37. The van der Waals surface area contributed by atoms with Crippen LogP contribution in [0.1, 0.15) is 44.8 Å². The Labute approximate surface area is 120 Å². The smallest absolute Gasteiger partial charge is 0.0834 e. The molecule has 1 aromatic rings. The lowest BCUT2D eigenvalue weighted by molar-refractivity contribution is 0.0379. The second-order valence-corrected chi connectivity index (χ2v) is 5.52. The van der Waals surface area contributed by atoms with Gasteiger partial charge in [0.05, 0.1) is 29.6 Å². The molecule has 1 aromatic heterocycles. The van der Waals surface area contributed by atoms with E-state index in [1.807, 2.05) is 4.68 Å². The molecular formula is C14H24ClN3O. The van der Waals surface area contributed by atoms with Crippen molar-refractivity contribution in [2.45, 2.75) is 45.7 Å². The summed E-state index contributed by atoms with van der Waals surface area (Å²) in [4.78, 5) is 0. The number of ether oxygens (including phenoxy) is 1. The van der Waals surface area contributed by atoms with Crippen molar-refractivity contribution in [2.75, 3.05) is 19.8 Å². The van der Waals surface area contributed by atoms with Gasteiger partial charge in [0, 0.05) is 19.1 Å². The Morgan fingerprint density at radius 1 is 1.58 bits per heavy atom. The van der Waals surface area contributed by atoms with E-state index in [2.05, 4.69) is 24.3 Å². The van der Waals surface area contributed by atoms with Crippen molar-refractivity contribution >= 4 is 11.6 Å². The Morgan fingerprint density at radius 2 is 2.42 bits per heavy atom. The molecule has 2 heterocycles. The van der Waals surface area contributed by atoms with Crippen molar-refractivity contribution in [3.8, 4) is 0 Å². The van der Waals surface area contributed by atoms with Gasteiger partial charge in [-0.2, -0.15) is 5.10 Å². The predicted octanol–water partition coefficient (Wildman–Crippen LogP) is 3.02. The predicted molar refractivity (Wildman–Crippen MR) is 77.5 cm³/mol. The standard InChI is InChI=1S/C14H24ClN3O/c1-3-7-18-14(12(15)9-17-18)13(16-4-2)11-6-5-8-19-10-11/h9,11,13,16H,3-8,10H2,1-2H3. The number of aromatic nitrogens is 2. The van der Waals surface area contributed by atoms with Gasteiger partial charge in [0.1, 0.15) is 0 Å². The number of nitrogens with one attached hydrogen (secondary N) is 1. The maximum atomic E-state index is 6.37. The lowest BCUT2D eigenvalue weighted by atomic mass is 9.91. The van der Waals surface area contributed by atoms with Crippen molar-refractivity contribution in [3.63, 3.8) is 0 Å². The summed E-state index contributed by atoms with van der Waals surface area (Å²) in [5, 5.41) is 8.74. The molecule has 0 aromatic carbocycles. The van der Waals surface area contributed by atoms with E-state index in [1.54, 1.807) is 6.20 Å². The Bertz CT molecular complexity index is 388. The fourth-order valence-corrected chi connectivity index (χ4v) is 3.06. The Balaban J connectivity index is 2.24. The van der Waals surface area contributed by atoms with Crippen LogP contribution in [0.25, 0.3) is 0 Å². The van der Waals surface area contributed by atoms with Crippen molar-refractivity contribution in [3.05, 3.63) is 16.9 Å². The van der Waals surface area contributed by atoms with Crippen LogP contribution in [0.5, 0.6) is 0 Å². The number of hydrogen-bond acceptors (Lipinski definition) is 3. The lowest BCUT2D eigenvalue weighted by Gasteiger charge is -2.31. The molecular weight excluding hydrogens is 262 g/mol. The van der Waals surface area contributed by atoms with Crippen molar-refractivity contribution in [2.24, 2.45) is 5.92 Å². The molecule has 5 heteroatoms. The van der Waals surface area contributed by atoms with Gasteiger partial charge in [0.2, 0.25) is 0 Å². The fraction of sp³-hybridized carbons (Fsp3) is 0.786. The zero-order valence-electron chi connectivity index (χ0n) is 11.9. The van der Waals surface area contributed by atoms with Gasteiger partial charge in [0.25, 0.3) is 0 Å². The summed E-state index contributed by atoms with van der Waals surface area (Å²) in [7, 11) is 0. The summed E-state index contributed by atoms with van der Waals surface area (Å²) in [6.45, 7) is 7.82. The zero-order chi connectivity index (χ0) is 13.7. The van der Waals surface area contributed by atoms with Gasteiger partial charge in [-0.15, -0.1) is 0 Å². The van der Waals surface area contributed by atoms with E-state index in [9.17, 15) is 0 Å². The molecule has 2 unspecified atom stereocenters. The maximum Gasteiger partial charge on any atom is 0.0834 e. The topological polar surface area (TPSA) is 39.1 Å². The minimum Gasteiger partial charge on any atom is -0.381 e. The van der Waals surface area contributed by atoms with Crippen molar-refractivity contribution in [1.29, 1.82) is 0 Å². The first-order chi connectivity index (χ1) is 9.27. The second-order valence-electron chi connectivity index (χ2n) is 5.11. The summed E-state index contributed by atoms with van der Waals surface area (Å²) in [6.07, 6.45) is 5.14. The molecule has 0 bridgehead atoms. The summed E-state index contributed by atoms with van der Waals surface area (Å²) < 4.78 is 7.68. The van der Waals surface area contributed by atoms with Crippen LogP contribution in [-0.2, 0) is 11.3 Å².